The normalized spacial score (nSPS) is 15.1. The summed E-state index contributed by atoms with van der Waals surface area (Å²) < 4.78 is 10.9. The Morgan fingerprint density at radius 3 is 2.59 bits per heavy atom. The van der Waals surface area contributed by atoms with E-state index in [0.717, 1.165) is 46.8 Å². The van der Waals surface area contributed by atoms with E-state index in [9.17, 15) is 4.79 Å². The molecule has 1 aliphatic rings. The number of benzene rings is 2. The third-order valence-electron chi connectivity index (χ3n) is 6.12. The van der Waals surface area contributed by atoms with E-state index in [4.69, 9.17) is 14.5 Å². The van der Waals surface area contributed by atoms with Crippen molar-refractivity contribution in [2.75, 3.05) is 38.5 Å². The van der Waals surface area contributed by atoms with Crippen molar-refractivity contribution in [2.24, 2.45) is 10.9 Å². The molecule has 0 bridgehead atoms. The third kappa shape index (κ3) is 4.94. The molecule has 3 aromatic rings. The minimum absolute atomic E-state index is 0.116. The van der Waals surface area contributed by atoms with Gasteiger partial charge in [0.2, 0.25) is 0 Å². The van der Waals surface area contributed by atoms with E-state index in [1.165, 1.54) is 4.88 Å². The minimum atomic E-state index is -0.116. The van der Waals surface area contributed by atoms with E-state index in [2.05, 4.69) is 12.2 Å². The number of rotatable bonds is 7. The summed E-state index contributed by atoms with van der Waals surface area (Å²) >= 11 is 1.62. The van der Waals surface area contributed by atoms with E-state index in [0.29, 0.717) is 23.0 Å². The molecule has 1 aromatic heterocycles. The second kappa shape index (κ2) is 10.3. The van der Waals surface area contributed by atoms with E-state index in [1.54, 1.807) is 31.8 Å². The van der Waals surface area contributed by atoms with Crippen molar-refractivity contribution < 1.29 is 14.3 Å². The van der Waals surface area contributed by atoms with E-state index >= 15 is 0 Å². The van der Waals surface area contributed by atoms with Crippen LogP contribution in [0.15, 0.2) is 47.5 Å². The molecule has 1 heterocycles. The fourth-order valence-corrected chi connectivity index (χ4v) is 5.59. The first-order valence-corrected chi connectivity index (χ1v) is 12.2. The van der Waals surface area contributed by atoms with Gasteiger partial charge in [0.1, 0.15) is 5.00 Å². The molecule has 34 heavy (non-hydrogen) atoms. The topological polar surface area (TPSA) is 63.2 Å². The molecule has 0 saturated heterocycles. The zero-order valence-electron chi connectivity index (χ0n) is 20.3. The van der Waals surface area contributed by atoms with Crippen LogP contribution in [0.5, 0.6) is 11.5 Å². The smallest absolute Gasteiger partial charge is 0.259 e. The molecule has 0 aliphatic heterocycles. The average Bonchev–Trinajstić information content (AvgIpc) is 3.20. The summed E-state index contributed by atoms with van der Waals surface area (Å²) in [5.74, 6) is 1.76. The van der Waals surface area contributed by atoms with Gasteiger partial charge >= 0.3 is 0 Å². The van der Waals surface area contributed by atoms with Gasteiger partial charge in [0.05, 0.1) is 19.8 Å². The Morgan fingerprint density at radius 2 is 1.91 bits per heavy atom. The fraction of sp³-hybridized carbons (Fsp3) is 0.333. The summed E-state index contributed by atoms with van der Waals surface area (Å²) in [6, 6.07) is 13.5. The number of fused-ring (bicyclic) bond motifs is 1. The predicted octanol–water partition coefficient (Wildman–Crippen LogP) is 5.96. The largest absolute Gasteiger partial charge is 0.493 e. The molecule has 0 spiro atoms. The fourth-order valence-electron chi connectivity index (χ4n) is 4.24. The quantitative estimate of drug-likeness (QED) is 0.427. The first kappa shape index (κ1) is 23.8. The highest BCUT2D eigenvalue weighted by molar-refractivity contribution is 7.16. The van der Waals surface area contributed by atoms with Crippen molar-refractivity contribution in [1.29, 1.82) is 0 Å². The molecule has 1 N–H and O–H groups in total. The highest BCUT2D eigenvalue weighted by atomic mass is 32.1. The van der Waals surface area contributed by atoms with Crippen molar-refractivity contribution in [2.45, 2.75) is 26.2 Å². The lowest BCUT2D eigenvalue weighted by molar-refractivity contribution is 0.102. The van der Waals surface area contributed by atoms with Crippen LogP contribution in [-0.2, 0) is 12.8 Å². The Hall–Kier alpha value is -3.32. The minimum Gasteiger partial charge on any atom is -0.493 e. The monoisotopic (exact) mass is 477 g/mol. The van der Waals surface area contributed by atoms with Crippen LogP contribution in [0, 0.1) is 5.92 Å². The Bertz CT molecular complexity index is 1200. The lowest BCUT2D eigenvalue weighted by atomic mass is 9.88. The number of nitrogens with zero attached hydrogens (tertiary/aromatic N) is 2. The molecular formula is C27H31N3O3S. The van der Waals surface area contributed by atoms with E-state index in [-0.39, 0.29) is 5.91 Å². The van der Waals surface area contributed by atoms with Gasteiger partial charge in [-0.05, 0) is 67.1 Å². The number of aliphatic imine (C=N–C) groups is 1. The number of hydrogen-bond donors (Lipinski definition) is 1. The Balaban J connectivity index is 1.68. The molecule has 178 valence electrons. The molecule has 0 fully saturated rings. The maximum Gasteiger partial charge on any atom is 0.259 e. The number of anilines is 2. The highest BCUT2D eigenvalue weighted by Gasteiger charge is 2.27. The number of carbonyl (C=O) groups is 1. The molecular weight excluding hydrogens is 446 g/mol. The third-order valence-corrected chi connectivity index (χ3v) is 7.28. The molecule has 4 rings (SSSR count). The first-order valence-electron chi connectivity index (χ1n) is 11.4. The van der Waals surface area contributed by atoms with Gasteiger partial charge in [0, 0.05) is 42.1 Å². The summed E-state index contributed by atoms with van der Waals surface area (Å²) in [6.07, 6.45) is 4.71. The standard InChI is InChI=1S/C27H31N3O3S/c1-17-9-14-21-23(15-17)34-27(28-16-18-7-6-8-22(32-4)25(18)33-5)24(21)26(31)29-19-10-12-20(13-11-19)30(2)3/h6-8,10-13,16-17H,9,14-15H2,1-5H3,(H,29,31)/b28-16+. The molecule has 1 unspecified atom stereocenters. The van der Waals surface area contributed by atoms with Gasteiger partial charge in [0.15, 0.2) is 11.5 Å². The lowest BCUT2D eigenvalue weighted by Gasteiger charge is -2.18. The van der Waals surface area contributed by atoms with Gasteiger partial charge in [0.25, 0.3) is 5.91 Å². The second-order valence-electron chi connectivity index (χ2n) is 8.77. The highest BCUT2D eigenvalue weighted by Crippen LogP contribution is 2.42. The second-order valence-corrected chi connectivity index (χ2v) is 9.85. The lowest BCUT2D eigenvalue weighted by Crippen LogP contribution is -2.17. The van der Waals surface area contributed by atoms with Crippen molar-refractivity contribution in [3.63, 3.8) is 0 Å². The summed E-state index contributed by atoms with van der Waals surface area (Å²) in [7, 11) is 7.21. The van der Waals surface area contributed by atoms with Crippen molar-refractivity contribution in [3.8, 4) is 11.5 Å². The number of thiophene rings is 1. The average molecular weight is 478 g/mol. The SMILES string of the molecule is COc1cccc(/C=N/c2sc3c(c2C(=O)Nc2ccc(N(C)C)cc2)CCC(C)C3)c1OC. The molecule has 0 radical (unpaired) electrons. The number of methoxy groups -OCH3 is 2. The molecule has 1 amide bonds. The number of ether oxygens (including phenoxy) is 2. The summed E-state index contributed by atoms with van der Waals surface area (Å²) in [5.41, 5.74) is 4.46. The summed E-state index contributed by atoms with van der Waals surface area (Å²) in [5, 5.41) is 3.81. The van der Waals surface area contributed by atoms with Crippen molar-refractivity contribution in [1.82, 2.24) is 0 Å². The van der Waals surface area contributed by atoms with Crippen LogP contribution in [0.2, 0.25) is 0 Å². The molecule has 1 atom stereocenters. The Morgan fingerprint density at radius 1 is 1.15 bits per heavy atom. The molecule has 2 aromatic carbocycles. The van der Waals surface area contributed by atoms with Crippen molar-refractivity contribution >= 4 is 39.8 Å². The van der Waals surface area contributed by atoms with E-state index in [1.807, 2.05) is 61.5 Å². The van der Waals surface area contributed by atoms with Gasteiger partial charge < -0.3 is 19.7 Å². The van der Waals surface area contributed by atoms with Crippen LogP contribution < -0.4 is 19.7 Å². The van der Waals surface area contributed by atoms with Gasteiger partial charge in [-0.25, -0.2) is 4.99 Å². The number of para-hydroxylation sites is 1. The predicted molar refractivity (Wildman–Crippen MR) is 141 cm³/mol. The first-order chi connectivity index (χ1) is 16.4. The van der Waals surface area contributed by atoms with Gasteiger partial charge in [-0.15, -0.1) is 11.3 Å². The summed E-state index contributed by atoms with van der Waals surface area (Å²) in [4.78, 5) is 21.5. The maximum atomic E-state index is 13.5. The Kier molecular flexibility index (Phi) is 7.22. The zero-order chi connectivity index (χ0) is 24.2. The zero-order valence-corrected chi connectivity index (χ0v) is 21.2. The van der Waals surface area contributed by atoms with Crippen molar-refractivity contribution in [3.05, 3.63) is 64.0 Å². The van der Waals surface area contributed by atoms with Gasteiger partial charge in [-0.2, -0.15) is 0 Å². The van der Waals surface area contributed by atoms with Crippen LogP contribution in [0.4, 0.5) is 16.4 Å². The van der Waals surface area contributed by atoms with Crippen LogP contribution >= 0.6 is 11.3 Å². The molecule has 1 aliphatic carbocycles. The molecule has 6 nitrogen and oxygen atoms in total. The van der Waals surface area contributed by atoms with Crippen LogP contribution in [0.3, 0.4) is 0 Å². The van der Waals surface area contributed by atoms with Crippen LogP contribution in [-0.4, -0.2) is 40.4 Å². The molecule has 0 saturated carbocycles. The van der Waals surface area contributed by atoms with Crippen LogP contribution in [0.25, 0.3) is 0 Å². The summed E-state index contributed by atoms with van der Waals surface area (Å²) in [6.45, 7) is 2.26. The van der Waals surface area contributed by atoms with Crippen LogP contribution in [0.1, 0.15) is 39.7 Å². The van der Waals surface area contributed by atoms with Gasteiger partial charge in [-0.1, -0.05) is 13.0 Å². The number of hydrogen-bond acceptors (Lipinski definition) is 6. The number of amides is 1. The maximum absolute atomic E-state index is 13.5. The number of carbonyl (C=O) groups excluding carboxylic acids is 1. The Labute approximate surface area is 205 Å². The number of nitrogens with one attached hydrogen (secondary N) is 1. The van der Waals surface area contributed by atoms with E-state index < -0.39 is 0 Å². The molecule has 7 heteroatoms. The van der Waals surface area contributed by atoms with Gasteiger partial charge in [-0.3, -0.25) is 4.79 Å².